The quantitative estimate of drug-likeness (QED) is 0.345. The van der Waals surface area contributed by atoms with Gasteiger partial charge in [0.2, 0.25) is 0 Å². The minimum atomic E-state index is 1.08. The minimum Gasteiger partial charge on any atom is -0.132 e. The Hall–Kier alpha value is -0.810. The van der Waals surface area contributed by atoms with Gasteiger partial charge in [0.1, 0.15) is 0 Å². The molecule has 0 aliphatic heterocycles. The summed E-state index contributed by atoms with van der Waals surface area (Å²) in [5.74, 6) is 0. The molecular formula is C16H9BrS3. The predicted octanol–water partition coefficient (Wildman–Crippen LogP) is 6.83. The number of halogens is 1. The van der Waals surface area contributed by atoms with Crippen LogP contribution < -0.4 is 0 Å². The Morgan fingerprint density at radius 3 is 2.00 bits per heavy atom. The molecule has 2 aromatic heterocycles. The summed E-state index contributed by atoms with van der Waals surface area (Å²) >= 11 is 12.0. The van der Waals surface area contributed by atoms with Gasteiger partial charge in [0.25, 0.3) is 0 Å². The fraction of sp³-hybridized carbons (Fsp3) is 0. The standard InChI is InChI=1S/C16H9BrS3/c17-15-13(9-5-1-3-7-11(9)19-15)14-10-6-2-4-8-12(10)20-16(14)18/h1-8,18H. The molecule has 4 rings (SSSR count). The lowest BCUT2D eigenvalue weighted by Gasteiger charge is -2.01. The summed E-state index contributed by atoms with van der Waals surface area (Å²) in [6.45, 7) is 0. The smallest absolute Gasteiger partial charge is 0.0790 e. The molecule has 0 aliphatic rings. The Bertz CT molecular complexity index is 855. The average Bonchev–Trinajstić information content (AvgIpc) is 2.94. The Morgan fingerprint density at radius 2 is 1.30 bits per heavy atom. The van der Waals surface area contributed by atoms with E-state index in [0.29, 0.717) is 0 Å². The molecule has 4 heteroatoms. The molecule has 20 heavy (non-hydrogen) atoms. The van der Waals surface area contributed by atoms with Crippen LogP contribution >= 0.6 is 51.2 Å². The number of hydrogen-bond acceptors (Lipinski definition) is 3. The van der Waals surface area contributed by atoms with Gasteiger partial charge in [-0.1, -0.05) is 36.4 Å². The van der Waals surface area contributed by atoms with E-state index in [1.54, 1.807) is 22.7 Å². The highest BCUT2D eigenvalue weighted by Gasteiger charge is 2.18. The summed E-state index contributed by atoms with van der Waals surface area (Å²) in [6, 6.07) is 17.0. The van der Waals surface area contributed by atoms with E-state index in [2.05, 4.69) is 64.5 Å². The van der Waals surface area contributed by atoms with Crippen molar-refractivity contribution in [1.82, 2.24) is 0 Å². The second-order valence-electron chi connectivity index (χ2n) is 4.53. The van der Waals surface area contributed by atoms with E-state index < -0.39 is 0 Å². The summed E-state index contributed by atoms with van der Waals surface area (Å²) in [5.41, 5.74) is 2.52. The van der Waals surface area contributed by atoms with Gasteiger partial charge < -0.3 is 0 Å². The molecule has 0 unspecified atom stereocenters. The van der Waals surface area contributed by atoms with Crippen LogP contribution in [0.2, 0.25) is 0 Å². The van der Waals surface area contributed by atoms with Crippen molar-refractivity contribution in [1.29, 1.82) is 0 Å². The van der Waals surface area contributed by atoms with Crippen LogP contribution in [-0.4, -0.2) is 0 Å². The van der Waals surface area contributed by atoms with Gasteiger partial charge in [0.05, 0.1) is 8.00 Å². The van der Waals surface area contributed by atoms with Crippen LogP contribution in [0.3, 0.4) is 0 Å². The van der Waals surface area contributed by atoms with Crippen LogP contribution in [0, 0.1) is 0 Å². The van der Waals surface area contributed by atoms with Crippen molar-refractivity contribution in [3.8, 4) is 11.1 Å². The first kappa shape index (κ1) is 12.9. The van der Waals surface area contributed by atoms with Crippen LogP contribution in [0.4, 0.5) is 0 Å². The van der Waals surface area contributed by atoms with E-state index in [0.717, 1.165) is 4.21 Å². The maximum Gasteiger partial charge on any atom is 0.0790 e. The Morgan fingerprint density at radius 1 is 0.750 bits per heavy atom. The lowest BCUT2D eigenvalue weighted by Crippen LogP contribution is -1.76. The summed E-state index contributed by atoms with van der Waals surface area (Å²) < 4.78 is 4.85. The molecule has 0 radical (unpaired) electrons. The van der Waals surface area contributed by atoms with Crippen LogP contribution in [0.15, 0.2) is 56.5 Å². The normalized spacial score (nSPS) is 11.5. The van der Waals surface area contributed by atoms with Crippen LogP contribution in [0.1, 0.15) is 0 Å². The molecule has 0 nitrogen and oxygen atoms in total. The lowest BCUT2D eigenvalue weighted by molar-refractivity contribution is 1.71. The monoisotopic (exact) mass is 376 g/mol. The van der Waals surface area contributed by atoms with Crippen molar-refractivity contribution in [2.24, 2.45) is 0 Å². The van der Waals surface area contributed by atoms with E-state index in [4.69, 9.17) is 12.6 Å². The molecule has 4 aromatic rings. The molecule has 0 atom stereocenters. The Labute approximate surface area is 138 Å². The second kappa shape index (κ2) is 4.88. The van der Waals surface area contributed by atoms with E-state index >= 15 is 0 Å². The first-order chi connectivity index (χ1) is 9.75. The number of thiophene rings is 2. The first-order valence-corrected chi connectivity index (χ1v) is 9.01. The zero-order chi connectivity index (χ0) is 13.7. The van der Waals surface area contributed by atoms with Crippen molar-refractivity contribution < 1.29 is 0 Å². The zero-order valence-electron chi connectivity index (χ0n) is 10.3. The van der Waals surface area contributed by atoms with E-state index in [1.165, 1.54) is 35.1 Å². The number of rotatable bonds is 1. The summed E-state index contributed by atoms with van der Waals surface area (Å²) in [7, 11) is 0. The molecule has 0 saturated heterocycles. The zero-order valence-corrected chi connectivity index (χ0v) is 14.4. The Balaban J connectivity index is 2.16. The molecule has 2 aromatic carbocycles. The molecule has 0 fully saturated rings. The summed E-state index contributed by atoms with van der Waals surface area (Å²) in [5, 5.41) is 2.58. The highest BCUT2D eigenvalue weighted by molar-refractivity contribution is 9.11. The lowest BCUT2D eigenvalue weighted by atomic mass is 10.0. The maximum atomic E-state index is 4.72. The van der Waals surface area contributed by atoms with Crippen LogP contribution in [0.25, 0.3) is 31.3 Å². The molecular weight excluding hydrogens is 368 g/mol. The van der Waals surface area contributed by atoms with E-state index in [9.17, 15) is 0 Å². The minimum absolute atomic E-state index is 1.08. The Kier molecular flexibility index (Phi) is 3.15. The first-order valence-electron chi connectivity index (χ1n) is 6.13. The number of fused-ring (bicyclic) bond motifs is 2. The van der Waals surface area contributed by atoms with Gasteiger partial charge >= 0.3 is 0 Å². The molecule has 0 bridgehead atoms. The van der Waals surface area contributed by atoms with Gasteiger partial charge in [-0.15, -0.1) is 35.3 Å². The van der Waals surface area contributed by atoms with Crippen molar-refractivity contribution in [3.05, 3.63) is 52.3 Å². The molecule has 2 heterocycles. The topological polar surface area (TPSA) is 0 Å². The van der Waals surface area contributed by atoms with Crippen LogP contribution in [0.5, 0.6) is 0 Å². The third-order valence-electron chi connectivity index (χ3n) is 3.38. The molecule has 0 saturated carbocycles. The van der Waals surface area contributed by atoms with Crippen molar-refractivity contribution >= 4 is 71.4 Å². The van der Waals surface area contributed by atoms with Gasteiger partial charge in [-0.3, -0.25) is 0 Å². The highest BCUT2D eigenvalue weighted by Crippen LogP contribution is 2.49. The highest BCUT2D eigenvalue weighted by atomic mass is 79.9. The SMILES string of the molecule is Sc1sc2ccccc2c1-c1c(Br)sc2ccccc12. The van der Waals surface area contributed by atoms with Crippen molar-refractivity contribution in [2.75, 3.05) is 0 Å². The molecule has 0 spiro atoms. The second-order valence-corrected chi connectivity index (χ2v) is 8.70. The molecule has 0 aliphatic carbocycles. The third kappa shape index (κ3) is 1.86. The summed E-state index contributed by atoms with van der Waals surface area (Å²) in [4.78, 5) is 0. The van der Waals surface area contributed by atoms with Gasteiger partial charge in [0, 0.05) is 31.3 Å². The number of thiol groups is 1. The molecule has 0 N–H and O–H groups in total. The maximum absolute atomic E-state index is 4.72. The average molecular weight is 377 g/mol. The third-order valence-corrected chi connectivity index (χ3v) is 6.69. The van der Waals surface area contributed by atoms with E-state index in [-0.39, 0.29) is 0 Å². The van der Waals surface area contributed by atoms with Crippen LogP contribution in [-0.2, 0) is 0 Å². The van der Waals surface area contributed by atoms with Gasteiger partial charge in [-0.2, -0.15) is 0 Å². The number of benzene rings is 2. The van der Waals surface area contributed by atoms with Gasteiger partial charge in [-0.25, -0.2) is 0 Å². The van der Waals surface area contributed by atoms with E-state index in [1.807, 2.05) is 0 Å². The van der Waals surface area contributed by atoms with Crippen molar-refractivity contribution in [2.45, 2.75) is 4.21 Å². The summed E-state index contributed by atoms with van der Waals surface area (Å²) in [6.07, 6.45) is 0. The fourth-order valence-corrected chi connectivity index (χ4v) is 5.87. The predicted molar refractivity (Wildman–Crippen MR) is 97.6 cm³/mol. The fourth-order valence-electron chi connectivity index (χ4n) is 2.52. The van der Waals surface area contributed by atoms with Gasteiger partial charge in [0.15, 0.2) is 0 Å². The molecule has 0 amide bonds. The van der Waals surface area contributed by atoms with Gasteiger partial charge in [-0.05, 0) is 28.1 Å². The largest absolute Gasteiger partial charge is 0.132 e. The molecule has 98 valence electrons. The van der Waals surface area contributed by atoms with Crippen molar-refractivity contribution in [3.63, 3.8) is 0 Å². The number of hydrogen-bond donors (Lipinski definition) is 1.